The fourth-order valence-electron chi connectivity index (χ4n) is 5.13. The maximum atomic E-state index is 13.0. The number of carboxylic acids is 1. The van der Waals surface area contributed by atoms with Gasteiger partial charge in [0.15, 0.2) is 0 Å². The zero-order valence-corrected chi connectivity index (χ0v) is 25.2. The van der Waals surface area contributed by atoms with Gasteiger partial charge in [0.25, 0.3) is 0 Å². The number of nitrogens with zero attached hydrogens (tertiary/aromatic N) is 2. The lowest BCUT2D eigenvalue weighted by atomic mass is 9.98. The summed E-state index contributed by atoms with van der Waals surface area (Å²) in [5.74, 6) is -3.23. The molecule has 13 nitrogen and oxygen atoms in total. The topological polar surface area (TPSA) is 193 Å². The van der Waals surface area contributed by atoms with E-state index >= 15 is 0 Å². The van der Waals surface area contributed by atoms with Gasteiger partial charge in [0.1, 0.15) is 24.7 Å². The summed E-state index contributed by atoms with van der Waals surface area (Å²) in [6, 6.07) is 15.4. The Morgan fingerprint density at radius 1 is 0.889 bits per heavy atom. The van der Waals surface area contributed by atoms with Crippen LogP contribution in [0.4, 0.5) is 4.79 Å². The number of carbonyl (C=O) groups is 5. The van der Waals surface area contributed by atoms with Crippen LogP contribution in [0, 0.1) is 0 Å². The van der Waals surface area contributed by atoms with Gasteiger partial charge in [-0.3, -0.25) is 19.4 Å². The maximum Gasteiger partial charge on any atom is 0.407 e. The molecule has 0 fully saturated rings. The third-order valence-corrected chi connectivity index (χ3v) is 7.56. The first-order valence-corrected chi connectivity index (χ1v) is 14.4. The number of alkyl carbamates (subject to hydrolysis) is 1. The number of rotatable bonds is 12. The molecular formula is C32H36N6O7. The number of aromatic carboxylic acids is 1. The van der Waals surface area contributed by atoms with E-state index < -0.39 is 47.9 Å². The fourth-order valence-corrected chi connectivity index (χ4v) is 5.13. The molecule has 4 amide bonds. The Morgan fingerprint density at radius 2 is 1.47 bits per heavy atom. The van der Waals surface area contributed by atoms with Gasteiger partial charge in [-0.25, -0.2) is 9.59 Å². The highest BCUT2D eigenvalue weighted by molar-refractivity contribution is 5.94. The Bertz CT molecular complexity index is 1550. The molecule has 45 heavy (non-hydrogen) atoms. The monoisotopic (exact) mass is 616 g/mol. The Morgan fingerprint density at radius 3 is 2.07 bits per heavy atom. The number of benzene rings is 2. The third-order valence-electron chi connectivity index (χ3n) is 7.56. The van der Waals surface area contributed by atoms with Crippen molar-refractivity contribution in [2.24, 2.45) is 5.73 Å². The van der Waals surface area contributed by atoms with Crippen LogP contribution in [-0.2, 0) is 25.7 Å². The van der Waals surface area contributed by atoms with Crippen LogP contribution in [0.25, 0.3) is 11.1 Å². The molecule has 2 aromatic carbocycles. The van der Waals surface area contributed by atoms with Crippen LogP contribution in [-0.4, -0.2) is 83.1 Å². The molecule has 1 aliphatic rings. The summed E-state index contributed by atoms with van der Waals surface area (Å²) in [6.45, 7) is 2.57. The Labute approximate surface area is 260 Å². The van der Waals surface area contributed by atoms with Crippen molar-refractivity contribution < 1.29 is 33.8 Å². The van der Waals surface area contributed by atoms with E-state index in [1.807, 2.05) is 48.5 Å². The van der Waals surface area contributed by atoms with E-state index in [0.717, 1.165) is 22.3 Å². The molecule has 1 aromatic heterocycles. The lowest BCUT2D eigenvalue weighted by Gasteiger charge is -2.25. The van der Waals surface area contributed by atoms with E-state index in [-0.39, 0.29) is 36.9 Å². The number of fused-ring (bicyclic) bond motifs is 3. The summed E-state index contributed by atoms with van der Waals surface area (Å²) in [4.78, 5) is 67.8. The second kappa shape index (κ2) is 14.4. The lowest BCUT2D eigenvalue weighted by Crippen LogP contribution is -2.57. The number of nitrogens with two attached hydrogens (primary N) is 1. The number of hydrogen-bond acceptors (Lipinski definition) is 8. The van der Waals surface area contributed by atoms with Crippen molar-refractivity contribution >= 4 is 29.8 Å². The molecule has 3 atom stereocenters. The molecule has 0 radical (unpaired) electrons. The number of amides is 4. The van der Waals surface area contributed by atoms with Gasteiger partial charge in [-0.2, -0.15) is 0 Å². The lowest BCUT2D eigenvalue weighted by molar-refractivity contribution is -0.136. The van der Waals surface area contributed by atoms with Crippen molar-refractivity contribution in [1.82, 2.24) is 25.8 Å². The quantitative estimate of drug-likeness (QED) is 0.201. The molecule has 236 valence electrons. The van der Waals surface area contributed by atoms with Crippen molar-refractivity contribution in [3.05, 3.63) is 89.2 Å². The van der Waals surface area contributed by atoms with Crippen LogP contribution in [0.2, 0.25) is 0 Å². The minimum absolute atomic E-state index is 0.0531. The highest BCUT2D eigenvalue weighted by Crippen LogP contribution is 2.44. The van der Waals surface area contributed by atoms with Crippen LogP contribution in [0.1, 0.15) is 46.9 Å². The first kappa shape index (κ1) is 32.6. The second-order valence-corrected chi connectivity index (χ2v) is 10.7. The van der Waals surface area contributed by atoms with E-state index in [4.69, 9.17) is 10.5 Å². The van der Waals surface area contributed by atoms with E-state index in [0.29, 0.717) is 0 Å². The summed E-state index contributed by atoms with van der Waals surface area (Å²) < 4.78 is 5.49. The molecule has 13 heteroatoms. The second-order valence-electron chi connectivity index (χ2n) is 10.7. The fraction of sp³-hybridized carbons (Fsp3) is 0.312. The van der Waals surface area contributed by atoms with Gasteiger partial charge in [0.05, 0.1) is 17.8 Å². The summed E-state index contributed by atoms with van der Waals surface area (Å²) in [6.07, 6.45) is 0.628. The van der Waals surface area contributed by atoms with Crippen molar-refractivity contribution in [3.8, 4) is 11.1 Å². The predicted molar refractivity (Wildman–Crippen MR) is 164 cm³/mol. The normalized spacial score (nSPS) is 13.8. The number of nitrogens with one attached hydrogen (secondary N) is 3. The molecule has 4 rings (SSSR count). The van der Waals surface area contributed by atoms with Crippen molar-refractivity contribution in [3.63, 3.8) is 0 Å². The van der Waals surface area contributed by atoms with Gasteiger partial charge in [0, 0.05) is 25.7 Å². The molecule has 0 aliphatic heterocycles. The van der Waals surface area contributed by atoms with Gasteiger partial charge < -0.3 is 36.4 Å². The molecular weight excluding hydrogens is 580 g/mol. The number of pyridine rings is 1. The average molecular weight is 617 g/mol. The molecule has 1 aliphatic carbocycles. The van der Waals surface area contributed by atoms with Gasteiger partial charge >= 0.3 is 12.1 Å². The number of ether oxygens (including phenoxy) is 1. The highest BCUT2D eigenvalue weighted by Gasteiger charge is 2.30. The van der Waals surface area contributed by atoms with E-state index in [1.54, 1.807) is 0 Å². The summed E-state index contributed by atoms with van der Waals surface area (Å²) in [5.41, 5.74) is 10.1. The van der Waals surface area contributed by atoms with Crippen LogP contribution < -0.4 is 21.7 Å². The predicted octanol–water partition coefficient (Wildman–Crippen LogP) is 1.61. The first-order valence-electron chi connectivity index (χ1n) is 14.4. The third kappa shape index (κ3) is 7.62. The number of likely N-dealkylation sites (N-methyl/N-ethyl adjacent to an activating group) is 1. The van der Waals surface area contributed by atoms with Gasteiger partial charge in [-0.05, 0) is 48.2 Å². The zero-order valence-electron chi connectivity index (χ0n) is 25.2. The van der Waals surface area contributed by atoms with Crippen molar-refractivity contribution in [1.29, 1.82) is 0 Å². The standard InChI is InChI=1S/C32H36N6O7/c1-18(29(40)37-26(15-33)30(41)38(3)16-27-24(31(42)43)13-8-14-34-27)35-28(39)19(2)36-32(44)45-17-25-22-11-6-4-9-20(22)21-10-5-7-12-23(21)25/h4-14,18-19,25-26H,15-17,33H2,1-3H3,(H,35,39)(H,36,44)(H,37,40)(H,42,43)/t18-,19-,26-/m0/s1. The number of hydrogen-bond donors (Lipinski definition) is 5. The molecule has 0 saturated heterocycles. The van der Waals surface area contributed by atoms with Crippen LogP contribution >= 0.6 is 0 Å². The Kier molecular flexibility index (Phi) is 10.5. The Hall–Kier alpha value is -5.30. The largest absolute Gasteiger partial charge is 0.478 e. The van der Waals surface area contributed by atoms with Gasteiger partial charge in [0.2, 0.25) is 17.7 Å². The van der Waals surface area contributed by atoms with Gasteiger partial charge in [-0.1, -0.05) is 48.5 Å². The summed E-state index contributed by atoms with van der Waals surface area (Å²) in [5, 5.41) is 16.9. The minimum atomic E-state index is -1.19. The average Bonchev–Trinajstić information content (AvgIpc) is 3.35. The highest BCUT2D eigenvalue weighted by atomic mass is 16.5. The summed E-state index contributed by atoms with van der Waals surface area (Å²) >= 11 is 0. The van der Waals surface area contributed by atoms with E-state index in [1.165, 1.54) is 44.1 Å². The van der Waals surface area contributed by atoms with Crippen LogP contribution in [0.5, 0.6) is 0 Å². The van der Waals surface area contributed by atoms with E-state index in [9.17, 15) is 29.1 Å². The molecule has 0 unspecified atom stereocenters. The first-order chi connectivity index (χ1) is 21.5. The van der Waals surface area contributed by atoms with Crippen molar-refractivity contribution in [2.75, 3.05) is 20.2 Å². The molecule has 0 spiro atoms. The maximum absolute atomic E-state index is 13.0. The number of carboxylic acid groups (broad SMARTS) is 1. The SMILES string of the molecule is C[C@H](NC(=O)OCC1c2ccccc2-c2ccccc21)C(=O)N[C@@H](C)C(=O)N[C@@H](CN)C(=O)N(C)Cc1ncccc1C(=O)O. The number of carbonyl (C=O) groups excluding carboxylic acids is 4. The molecule has 0 bridgehead atoms. The van der Waals surface area contributed by atoms with Crippen LogP contribution in [0.15, 0.2) is 66.9 Å². The smallest absolute Gasteiger partial charge is 0.407 e. The molecule has 6 N–H and O–H groups in total. The minimum Gasteiger partial charge on any atom is -0.478 e. The van der Waals surface area contributed by atoms with E-state index in [2.05, 4.69) is 20.9 Å². The molecule has 0 saturated carbocycles. The summed E-state index contributed by atoms with van der Waals surface area (Å²) in [7, 11) is 1.43. The Balaban J connectivity index is 1.26. The van der Waals surface area contributed by atoms with Gasteiger partial charge in [-0.15, -0.1) is 0 Å². The number of aromatic nitrogens is 1. The van der Waals surface area contributed by atoms with Crippen molar-refractivity contribution in [2.45, 2.75) is 44.4 Å². The molecule has 1 heterocycles. The molecule has 3 aromatic rings. The zero-order chi connectivity index (χ0) is 32.7. The van der Waals surface area contributed by atoms with Crippen LogP contribution in [0.3, 0.4) is 0 Å².